The molecule has 0 bridgehead atoms. The Morgan fingerprint density at radius 3 is 2.78 bits per heavy atom. The first kappa shape index (κ1) is 18.4. The third kappa shape index (κ3) is 3.23. The van der Waals surface area contributed by atoms with Gasteiger partial charge in [0.2, 0.25) is 0 Å². The van der Waals surface area contributed by atoms with Crippen LogP contribution in [0.1, 0.15) is 46.6 Å². The highest BCUT2D eigenvalue weighted by Gasteiger charge is 2.25. The van der Waals surface area contributed by atoms with E-state index in [2.05, 4.69) is 12.1 Å². The summed E-state index contributed by atoms with van der Waals surface area (Å²) in [4.78, 5) is 22.8. The molecule has 4 rings (SSSR count). The molecule has 0 spiro atoms. The largest absolute Gasteiger partial charge is 0.361 e. The fourth-order valence-electron chi connectivity index (χ4n) is 3.92. The third-order valence-corrected chi connectivity index (χ3v) is 6.60. The molecule has 0 fully saturated rings. The number of rotatable bonds is 4. The van der Waals surface area contributed by atoms with E-state index in [1.165, 1.54) is 10.4 Å². The molecule has 27 heavy (non-hydrogen) atoms. The number of aryl methyl sites for hydroxylation is 3. The molecule has 3 heterocycles. The standard InChI is InChI=1S/C20H26N4O2S/c1-11-6-7-14-16(8-11)27-19-18(14)20(25)24(17(21-19)10-23(4)5)9-15-12(2)22-26-13(15)3/h11H,6-10H2,1-5H3. The van der Waals surface area contributed by atoms with Crippen molar-refractivity contribution in [1.82, 2.24) is 19.6 Å². The number of aromatic nitrogens is 3. The van der Waals surface area contributed by atoms with Crippen molar-refractivity contribution in [1.29, 1.82) is 0 Å². The lowest BCUT2D eigenvalue weighted by Gasteiger charge is -2.18. The van der Waals surface area contributed by atoms with Gasteiger partial charge in [-0.1, -0.05) is 12.1 Å². The molecule has 0 radical (unpaired) electrons. The van der Waals surface area contributed by atoms with Crippen molar-refractivity contribution in [3.63, 3.8) is 0 Å². The van der Waals surface area contributed by atoms with Gasteiger partial charge >= 0.3 is 0 Å². The van der Waals surface area contributed by atoms with E-state index in [1.807, 2.05) is 37.4 Å². The zero-order valence-electron chi connectivity index (χ0n) is 16.6. The van der Waals surface area contributed by atoms with Crippen LogP contribution < -0.4 is 5.56 Å². The Labute approximate surface area is 162 Å². The first-order valence-electron chi connectivity index (χ1n) is 9.45. The van der Waals surface area contributed by atoms with Crippen molar-refractivity contribution >= 4 is 21.6 Å². The van der Waals surface area contributed by atoms with Crippen LogP contribution in [0.25, 0.3) is 10.2 Å². The number of hydrogen-bond donors (Lipinski definition) is 0. The average molecular weight is 387 g/mol. The van der Waals surface area contributed by atoms with E-state index >= 15 is 0 Å². The zero-order chi connectivity index (χ0) is 19.3. The van der Waals surface area contributed by atoms with Crippen LogP contribution in [-0.2, 0) is 25.9 Å². The van der Waals surface area contributed by atoms with Crippen LogP contribution in [0.3, 0.4) is 0 Å². The fraction of sp³-hybridized carbons (Fsp3) is 0.550. The fourth-order valence-corrected chi connectivity index (χ4v) is 5.31. The summed E-state index contributed by atoms with van der Waals surface area (Å²) >= 11 is 1.71. The van der Waals surface area contributed by atoms with Crippen molar-refractivity contribution in [3.05, 3.63) is 43.6 Å². The molecule has 1 unspecified atom stereocenters. The maximum absolute atomic E-state index is 13.6. The summed E-state index contributed by atoms with van der Waals surface area (Å²) in [5.74, 6) is 2.23. The predicted octanol–water partition coefficient (Wildman–Crippen LogP) is 3.30. The minimum atomic E-state index is 0.0731. The van der Waals surface area contributed by atoms with Gasteiger partial charge in [0.25, 0.3) is 5.56 Å². The van der Waals surface area contributed by atoms with Gasteiger partial charge in [0, 0.05) is 10.4 Å². The van der Waals surface area contributed by atoms with E-state index in [9.17, 15) is 4.79 Å². The second-order valence-electron chi connectivity index (χ2n) is 7.99. The van der Waals surface area contributed by atoms with Gasteiger partial charge in [-0.3, -0.25) is 9.36 Å². The van der Waals surface area contributed by atoms with Crippen LogP contribution in [0.5, 0.6) is 0 Å². The number of thiophene rings is 1. The minimum absolute atomic E-state index is 0.0731. The molecule has 0 amide bonds. The highest BCUT2D eigenvalue weighted by Crippen LogP contribution is 2.36. The van der Waals surface area contributed by atoms with E-state index in [0.29, 0.717) is 19.0 Å². The molecular weight excluding hydrogens is 360 g/mol. The lowest BCUT2D eigenvalue weighted by Crippen LogP contribution is -2.29. The maximum atomic E-state index is 13.6. The van der Waals surface area contributed by atoms with Crippen molar-refractivity contribution in [3.8, 4) is 0 Å². The Kier molecular flexibility index (Phi) is 4.68. The summed E-state index contributed by atoms with van der Waals surface area (Å²) in [6.45, 7) is 7.17. The van der Waals surface area contributed by atoms with E-state index in [-0.39, 0.29) is 5.56 Å². The maximum Gasteiger partial charge on any atom is 0.262 e. The summed E-state index contributed by atoms with van der Waals surface area (Å²) in [5, 5.41) is 4.87. The van der Waals surface area contributed by atoms with Crippen LogP contribution in [0.4, 0.5) is 0 Å². The topological polar surface area (TPSA) is 64.2 Å². The van der Waals surface area contributed by atoms with Gasteiger partial charge in [0.15, 0.2) is 0 Å². The van der Waals surface area contributed by atoms with Gasteiger partial charge in [0.05, 0.1) is 24.2 Å². The molecule has 7 heteroatoms. The summed E-state index contributed by atoms with van der Waals surface area (Å²) in [5.41, 5.74) is 3.10. The molecule has 0 N–H and O–H groups in total. The Morgan fingerprint density at radius 1 is 1.33 bits per heavy atom. The molecule has 0 aromatic carbocycles. The van der Waals surface area contributed by atoms with Gasteiger partial charge in [-0.25, -0.2) is 4.98 Å². The lowest BCUT2D eigenvalue weighted by atomic mass is 9.89. The molecule has 6 nitrogen and oxygen atoms in total. The van der Waals surface area contributed by atoms with Crippen molar-refractivity contribution in [2.75, 3.05) is 14.1 Å². The van der Waals surface area contributed by atoms with Gasteiger partial charge < -0.3 is 9.42 Å². The van der Waals surface area contributed by atoms with Gasteiger partial charge in [-0.05, 0) is 58.7 Å². The van der Waals surface area contributed by atoms with Crippen LogP contribution >= 0.6 is 11.3 Å². The van der Waals surface area contributed by atoms with E-state index in [1.54, 1.807) is 11.3 Å². The molecule has 1 aliphatic carbocycles. The van der Waals surface area contributed by atoms with Gasteiger partial charge in [-0.2, -0.15) is 0 Å². The van der Waals surface area contributed by atoms with Gasteiger partial charge in [-0.15, -0.1) is 11.3 Å². The number of nitrogens with zero attached hydrogens (tertiary/aromatic N) is 4. The Balaban J connectivity index is 1.92. The van der Waals surface area contributed by atoms with Crippen LogP contribution in [-0.4, -0.2) is 33.7 Å². The molecule has 0 saturated heterocycles. The second-order valence-corrected chi connectivity index (χ2v) is 9.08. The van der Waals surface area contributed by atoms with Crippen LogP contribution in [0.2, 0.25) is 0 Å². The molecule has 0 saturated carbocycles. The quantitative estimate of drug-likeness (QED) is 0.688. The molecule has 1 atom stereocenters. The molecule has 1 aliphatic rings. The van der Waals surface area contributed by atoms with Crippen molar-refractivity contribution in [2.24, 2.45) is 5.92 Å². The lowest BCUT2D eigenvalue weighted by molar-refractivity contribution is 0.378. The second kappa shape index (κ2) is 6.87. The Bertz CT molecular complexity index is 1040. The van der Waals surface area contributed by atoms with E-state index < -0.39 is 0 Å². The highest BCUT2D eigenvalue weighted by molar-refractivity contribution is 7.18. The smallest absolute Gasteiger partial charge is 0.262 e. The summed E-state index contributed by atoms with van der Waals surface area (Å²) in [7, 11) is 4.00. The van der Waals surface area contributed by atoms with Gasteiger partial charge in [0.1, 0.15) is 16.4 Å². The SMILES string of the molecule is Cc1noc(C)c1Cn1c(CN(C)C)nc2sc3c(c2c1=O)CCC(C)C3. The molecular formula is C20H26N4O2S. The normalized spacial score (nSPS) is 17.0. The van der Waals surface area contributed by atoms with Crippen LogP contribution in [0.15, 0.2) is 9.32 Å². The molecule has 3 aromatic heterocycles. The average Bonchev–Trinajstić information content (AvgIpc) is 3.10. The van der Waals surface area contributed by atoms with Crippen LogP contribution in [0, 0.1) is 19.8 Å². The Morgan fingerprint density at radius 2 is 2.11 bits per heavy atom. The zero-order valence-corrected chi connectivity index (χ0v) is 17.4. The highest BCUT2D eigenvalue weighted by atomic mass is 32.1. The van der Waals surface area contributed by atoms with Crippen molar-refractivity contribution in [2.45, 2.75) is 53.1 Å². The third-order valence-electron chi connectivity index (χ3n) is 5.45. The Hall–Kier alpha value is -1.99. The molecule has 3 aromatic rings. The first-order valence-corrected chi connectivity index (χ1v) is 10.3. The van der Waals surface area contributed by atoms with E-state index in [0.717, 1.165) is 52.3 Å². The molecule has 144 valence electrons. The van der Waals surface area contributed by atoms with E-state index in [4.69, 9.17) is 9.51 Å². The molecule has 0 aliphatic heterocycles. The summed E-state index contributed by atoms with van der Waals surface area (Å²) < 4.78 is 7.13. The predicted molar refractivity (Wildman–Crippen MR) is 108 cm³/mol. The summed E-state index contributed by atoms with van der Waals surface area (Å²) in [6, 6.07) is 0. The number of hydrogen-bond acceptors (Lipinski definition) is 6. The minimum Gasteiger partial charge on any atom is -0.361 e. The summed E-state index contributed by atoms with van der Waals surface area (Å²) in [6.07, 6.45) is 3.18. The van der Waals surface area contributed by atoms with Crippen molar-refractivity contribution < 1.29 is 4.52 Å². The monoisotopic (exact) mass is 386 g/mol. The first-order chi connectivity index (χ1) is 12.8. The number of fused-ring (bicyclic) bond motifs is 3.